The van der Waals surface area contributed by atoms with Crippen LogP contribution in [0.5, 0.6) is 0 Å². The Hall–Kier alpha value is -1.64. The lowest BCUT2D eigenvalue weighted by molar-refractivity contribution is -0.129. The molecule has 0 radical (unpaired) electrons. The van der Waals surface area contributed by atoms with Crippen molar-refractivity contribution in [1.82, 2.24) is 19.4 Å². The summed E-state index contributed by atoms with van der Waals surface area (Å²) in [7, 11) is 2.07. The van der Waals surface area contributed by atoms with Crippen LogP contribution in [0.1, 0.15) is 23.8 Å². The molecule has 1 aliphatic heterocycles. The van der Waals surface area contributed by atoms with Crippen LogP contribution in [0.2, 0.25) is 0 Å². The number of carbonyl (C=O) groups is 1. The highest BCUT2D eigenvalue weighted by Crippen LogP contribution is 2.36. The predicted molar refractivity (Wildman–Crippen MR) is 120 cm³/mol. The SMILES string of the molecule is C=CCn1c(SCC(=O)N2CCN(C)CC2)nc2sc3c(c2c1=O)CC[C@H](C)C3. The van der Waals surface area contributed by atoms with E-state index in [4.69, 9.17) is 4.98 Å². The van der Waals surface area contributed by atoms with Crippen molar-refractivity contribution in [2.45, 2.75) is 37.9 Å². The van der Waals surface area contributed by atoms with Gasteiger partial charge in [0.2, 0.25) is 5.91 Å². The third-order valence-corrected chi connectivity index (χ3v) is 7.98. The third-order valence-electron chi connectivity index (χ3n) is 5.87. The molecule has 1 aliphatic carbocycles. The maximum atomic E-state index is 13.3. The molecule has 0 N–H and O–H groups in total. The molecule has 0 saturated carbocycles. The van der Waals surface area contributed by atoms with Gasteiger partial charge in [-0.1, -0.05) is 24.8 Å². The maximum Gasteiger partial charge on any atom is 0.263 e. The van der Waals surface area contributed by atoms with Crippen molar-refractivity contribution in [3.63, 3.8) is 0 Å². The van der Waals surface area contributed by atoms with Crippen LogP contribution in [-0.4, -0.2) is 64.2 Å². The van der Waals surface area contributed by atoms with E-state index in [0.29, 0.717) is 23.4 Å². The number of thioether (sulfide) groups is 1. The molecule has 8 heteroatoms. The second kappa shape index (κ2) is 8.62. The number of nitrogens with zero attached hydrogens (tertiary/aromatic N) is 4. The molecule has 4 rings (SSSR count). The second-order valence-electron chi connectivity index (χ2n) is 8.10. The minimum Gasteiger partial charge on any atom is -0.339 e. The molecule has 2 aromatic heterocycles. The van der Waals surface area contributed by atoms with Crippen molar-refractivity contribution in [2.75, 3.05) is 39.0 Å². The summed E-state index contributed by atoms with van der Waals surface area (Å²) >= 11 is 3.03. The van der Waals surface area contributed by atoms with Crippen molar-refractivity contribution in [1.29, 1.82) is 0 Å². The number of aromatic nitrogens is 2. The van der Waals surface area contributed by atoms with Crippen LogP contribution < -0.4 is 5.56 Å². The fourth-order valence-corrected chi connectivity index (χ4v) is 6.41. The molecule has 0 bridgehead atoms. The molecule has 3 heterocycles. The summed E-state index contributed by atoms with van der Waals surface area (Å²) in [5.41, 5.74) is 1.21. The van der Waals surface area contributed by atoms with Gasteiger partial charge in [0, 0.05) is 37.6 Å². The number of carbonyl (C=O) groups excluding carboxylic acids is 1. The van der Waals surface area contributed by atoms with Crippen molar-refractivity contribution < 1.29 is 4.79 Å². The number of fused-ring (bicyclic) bond motifs is 3. The normalized spacial score (nSPS) is 20.1. The van der Waals surface area contributed by atoms with Crippen LogP contribution in [0.3, 0.4) is 0 Å². The zero-order valence-corrected chi connectivity index (χ0v) is 18.8. The fraction of sp³-hybridized carbons (Fsp3) is 0.571. The summed E-state index contributed by atoms with van der Waals surface area (Å²) < 4.78 is 1.68. The number of hydrogen-bond acceptors (Lipinski definition) is 6. The Labute approximate surface area is 179 Å². The highest BCUT2D eigenvalue weighted by Gasteiger charge is 2.25. The van der Waals surface area contributed by atoms with E-state index >= 15 is 0 Å². The first-order chi connectivity index (χ1) is 14.0. The zero-order chi connectivity index (χ0) is 20.5. The fourth-order valence-electron chi connectivity index (χ4n) is 4.08. The van der Waals surface area contributed by atoms with Gasteiger partial charge in [0.05, 0.1) is 11.1 Å². The number of piperazine rings is 1. The van der Waals surface area contributed by atoms with E-state index < -0.39 is 0 Å². The number of allylic oxidation sites excluding steroid dienone is 1. The molecule has 29 heavy (non-hydrogen) atoms. The van der Waals surface area contributed by atoms with Crippen LogP contribution in [0.25, 0.3) is 10.2 Å². The van der Waals surface area contributed by atoms with Crippen molar-refractivity contribution in [2.24, 2.45) is 5.92 Å². The van der Waals surface area contributed by atoms with Gasteiger partial charge in [-0.2, -0.15) is 0 Å². The van der Waals surface area contributed by atoms with Gasteiger partial charge >= 0.3 is 0 Å². The first-order valence-corrected chi connectivity index (χ1v) is 12.0. The average molecular weight is 433 g/mol. The van der Waals surface area contributed by atoms with Crippen LogP contribution >= 0.6 is 23.1 Å². The summed E-state index contributed by atoms with van der Waals surface area (Å²) in [4.78, 5) is 37.1. The minimum absolute atomic E-state index is 0.0106. The Bertz CT molecular complexity index is 989. The molecule has 6 nitrogen and oxygen atoms in total. The first-order valence-electron chi connectivity index (χ1n) is 10.2. The highest BCUT2D eigenvalue weighted by molar-refractivity contribution is 7.99. The highest BCUT2D eigenvalue weighted by atomic mass is 32.2. The van der Waals surface area contributed by atoms with Crippen LogP contribution in [0.4, 0.5) is 0 Å². The Morgan fingerprint density at radius 2 is 2.10 bits per heavy atom. The molecule has 1 amide bonds. The Kier molecular flexibility index (Phi) is 6.13. The monoisotopic (exact) mass is 432 g/mol. The quantitative estimate of drug-likeness (QED) is 0.413. The minimum atomic E-state index is 0.0106. The maximum absolute atomic E-state index is 13.3. The molecule has 2 aromatic rings. The molecule has 0 aromatic carbocycles. The van der Waals surface area contributed by atoms with E-state index in [0.717, 1.165) is 55.7 Å². The average Bonchev–Trinajstić information content (AvgIpc) is 3.06. The van der Waals surface area contributed by atoms with Crippen molar-refractivity contribution >= 4 is 39.2 Å². The molecule has 1 fully saturated rings. The Morgan fingerprint density at radius 1 is 1.34 bits per heavy atom. The molecule has 1 atom stereocenters. The number of hydrogen-bond donors (Lipinski definition) is 0. The van der Waals surface area contributed by atoms with E-state index in [9.17, 15) is 9.59 Å². The van der Waals surface area contributed by atoms with Gasteiger partial charge in [-0.05, 0) is 37.8 Å². The number of rotatable bonds is 5. The van der Waals surface area contributed by atoms with E-state index in [1.807, 2.05) is 4.90 Å². The van der Waals surface area contributed by atoms with E-state index in [1.54, 1.807) is 22.0 Å². The molecular weight excluding hydrogens is 404 g/mol. The van der Waals surface area contributed by atoms with Gasteiger partial charge in [0.15, 0.2) is 5.16 Å². The van der Waals surface area contributed by atoms with Gasteiger partial charge in [-0.15, -0.1) is 17.9 Å². The van der Waals surface area contributed by atoms with Gasteiger partial charge in [0.25, 0.3) is 5.56 Å². The summed E-state index contributed by atoms with van der Waals surface area (Å²) in [6.07, 6.45) is 4.83. The summed E-state index contributed by atoms with van der Waals surface area (Å²) in [6.45, 7) is 9.81. The van der Waals surface area contributed by atoms with Crippen molar-refractivity contribution in [3.8, 4) is 0 Å². The largest absolute Gasteiger partial charge is 0.339 e. The molecule has 2 aliphatic rings. The molecule has 0 spiro atoms. The van der Waals surface area contributed by atoms with E-state index in [1.165, 1.54) is 22.2 Å². The van der Waals surface area contributed by atoms with E-state index in [-0.39, 0.29) is 11.5 Å². The van der Waals surface area contributed by atoms with Gasteiger partial charge in [0.1, 0.15) is 4.83 Å². The zero-order valence-electron chi connectivity index (χ0n) is 17.1. The Balaban J connectivity index is 1.61. The van der Waals surface area contributed by atoms with Gasteiger partial charge in [-0.3, -0.25) is 14.2 Å². The predicted octanol–water partition coefficient (Wildman–Crippen LogP) is 2.63. The topological polar surface area (TPSA) is 58.4 Å². The first kappa shape index (κ1) is 20.6. The van der Waals surface area contributed by atoms with Crippen LogP contribution in [0.15, 0.2) is 22.6 Å². The molecule has 156 valence electrons. The lowest BCUT2D eigenvalue weighted by atomic mass is 9.89. The second-order valence-corrected chi connectivity index (χ2v) is 10.1. The van der Waals surface area contributed by atoms with Crippen LogP contribution in [-0.2, 0) is 24.2 Å². The van der Waals surface area contributed by atoms with Crippen LogP contribution in [0, 0.1) is 5.92 Å². The number of aryl methyl sites for hydroxylation is 1. The molecule has 1 saturated heterocycles. The van der Waals surface area contributed by atoms with Gasteiger partial charge in [-0.25, -0.2) is 4.98 Å². The molecular formula is C21H28N4O2S2. The Morgan fingerprint density at radius 3 is 2.83 bits per heavy atom. The number of thiophene rings is 1. The summed E-state index contributed by atoms with van der Waals surface area (Å²) in [5, 5.41) is 1.41. The van der Waals surface area contributed by atoms with Crippen molar-refractivity contribution in [3.05, 3.63) is 33.4 Å². The standard InChI is InChI=1S/C21H28N4O2S2/c1-4-7-25-20(27)18-15-6-5-14(2)12-16(15)29-19(18)22-21(25)28-13-17(26)24-10-8-23(3)9-11-24/h4,14H,1,5-13H2,2-3H3/t14-/m0/s1. The lowest BCUT2D eigenvalue weighted by Gasteiger charge is -2.32. The number of amides is 1. The summed E-state index contributed by atoms with van der Waals surface area (Å²) in [6, 6.07) is 0. The lowest BCUT2D eigenvalue weighted by Crippen LogP contribution is -2.47. The number of likely N-dealkylation sites (N-methyl/N-ethyl adjacent to an activating group) is 1. The van der Waals surface area contributed by atoms with E-state index in [2.05, 4.69) is 25.5 Å². The smallest absolute Gasteiger partial charge is 0.263 e. The third kappa shape index (κ3) is 4.15. The summed E-state index contributed by atoms with van der Waals surface area (Å²) in [5.74, 6) is 1.07. The molecule has 0 unspecified atom stereocenters. The van der Waals surface area contributed by atoms with Gasteiger partial charge < -0.3 is 9.80 Å².